The highest BCUT2D eigenvalue weighted by Crippen LogP contribution is 2.11. The molecule has 0 aliphatic heterocycles. The average molecular weight is 153 g/mol. The quantitative estimate of drug-likeness (QED) is 0.664. The number of nitrogens with zero attached hydrogens (tertiary/aromatic N) is 1. The SMILES string of the molecule is CC[C@H](C)CCc1cnoc1. The van der Waals surface area contributed by atoms with Crippen LogP contribution in [-0.2, 0) is 6.42 Å². The van der Waals surface area contributed by atoms with E-state index in [1.165, 1.54) is 18.4 Å². The molecule has 0 N–H and O–H groups in total. The summed E-state index contributed by atoms with van der Waals surface area (Å²) in [5.74, 6) is 0.810. The van der Waals surface area contributed by atoms with E-state index < -0.39 is 0 Å². The van der Waals surface area contributed by atoms with Crippen molar-refractivity contribution in [1.29, 1.82) is 0 Å². The van der Waals surface area contributed by atoms with Crippen molar-refractivity contribution in [2.75, 3.05) is 0 Å². The van der Waals surface area contributed by atoms with Gasteiger partial charge in [-0.15, -0.1) is 0 Å². The molecular formula is C9H15NO. The monoisotopic (exact) mass is 153 g/mol. The zero-order valence-electron chi connectivity index (χ0n) is 7.21. The van der Waals surface area contributed by atoms with Crippen LogP contribution in [0.5, 0.6) is 0 Å². The molecule has 1 heterocycles. The molecule has 62 valence electrons. The molecule has 1 aromatic rings. The van der Waals surface area contributed by atoms with E-state index in [2.05, 4.69) is 19.0 Å². The minimum atomic E-state index is 0.810. The van der Waals surface area contributed by atoms with Crippen LogP contribution in [0.15, 0.2) is 17.0 Å². The molecule has 0 aliphatic rings. The molecule has 0 spiro atoms. The Balaban J connectivity index is 2.23. The van der Waals surface area contributed by atoms with Gasteiger partial charge in [0.2, 0.25) is 0 Å². The predicted octanol–water partition coefficient (Wildman–Crippen LogP) is 2.65. The lowest BCUT2D eigenvalue weighted by molar-refractivity contribution is 0.418. The van der Waals surface area contributed by atoms with Gasteiger partial charge in [-0.3, -0.25) is 0 Å². The molecule has 2 heteroatoms. The largest absolute Gasteiger partial charge is 0.364 e. The van der Waals surface area contributed by atoms with Crippen molar-refractivity contribution in [3.63, 3.8) is 0 Å². The Kier molecular flexibility index (Phi) is 3.14. The molecule has 1 rings (SSSR count). The Bertz CT molecular complexity index is 181. The van der Waals surface area contributed by atoms with Crippen LogP contribution in [0.1, 0.15) is 32.3 Å². The summed E-state index contributed by atoms with van der Waals surface area (Å²) in [6, 6.07) is 0. The van der Waals surface area contributed by atoms with Crippen LogP contribution < -0.4 is 0 Å². The Labute approximate surface area is 67.6 Å². The number of hydrogen-bond acceptors (Lipinski definition) is 2. The molecule has 11 heavy (non-hydrogen) atoms. The van der Waals surface area contributed by atoms with Crippen LogP contribution in [-0.4, -0.2) is 5.16 Å². The second-order valence-electron chi connectivity index (χ2n) is 3.08. The fraction of sp³-hybridized carbons (Fsp3) is 0.667. The third-order valence-electron chi connectivity index (χ3n) is 2.11. The van der Waals surface area contributed by atoms with Crippen LogP contribution in [0.4, 0.5) is 0 Å². The van der Waals surface area contributed by atoms with Crippen LogP contribution in [0.2, 0.25) is 0 Å². The standard InChI is InChI=1S/C9H15NO/c1-3-8(2)4-5-9-6-10-11-7-9/h6-8H,3-5H2,1-2H3/t8-/m0/s1. The zero-order chi connectivity index (χ0) is 8.10. The highest BCUT2D eigenvalue weighted by Gasteiger charge is 2.00. The summed E-state index contributed by atoms with van der Waals surface area (Å²) < 4.78 is 4.73. The fourth-order valence-corrected chi connectivity index (χ4v) is 0.967. The summed E-state index contributed by atoms with van der Waals surface area (Å²) in [6.07, 6.45) is 7.10. The first-order chi connectivity index (χ1) is 5.33. The fourth-order valence-electron chi connectivity index (χ4n) is 0.967. The lowest BCUT2D eigenvalue weighted by Gasteiger charge is -2.04. The van der Waals surface area contributed by atoms with Gasteiger partial charge >= 0.3 is 0 Å². The van der Waals surface area contributed by atoms with Crippen molar-refractivity contribution in [2.24, 2.45) is 5.92 Å². The van der Waals surface area contributed by atoms with Crippen LogP contribution >= 0.6 is 0 Å². The number of rotatable bonds is 4. The number of aryl methyl sites for hydroxylation is 1. The van der Waals surface area contributed by atoms with Crippen LogP contribution in [0.25, 0.3) is 0 Å². The highest BCUT2D eigenvalue weighted by atomic mass is 16.5. The summed E-state index contributed by atoms with van der Waals surface area (Å²) in [5.41, 5.74) is 1.21. The maximum Gasteiger partial charge on any atom is 0.126 e. The van der Waals surface area contributed by atoms with Gasteiger partial charge in [0, 0.05) is 5.56 Å². The van der Waals surface area contributed by atoms with E-state index in [0.29, 0.717) is 0 Å². The normalized spacial score (nSPS) is 13.3. The van der Waals surface area contributed by atoms with Gasteiger partial charge in [0.15, 0.2) is 0 Å². The summed E-state index contributed by atoms with van der Waals surface area (Å²) in [7, 11) is 0. The average Bonchev–Trinajstić information content (AvgIpc) is 2.52. The maximum atomic E-state index is 4.73. The van der Waals surface area contributed by atoms with Crippen molar-refractivity contribution >= 4 is 0 Å². The first kappa shape index (κ1) is 8.31. The van der Waals surface area contributed by atoms with E-state index in [9.17, 15) is 0 Å². The molecule has 0 aromatic carbocycles. The minimum absolute atomic E-state index is 0.810. The van der Waals surface area contributed by atoms with Crippen molar-refractivity contribution < 1.29 is 4.52 Å². The summed E-state index contributed by atoms with van der Waals surface area (Å²) in [6.45, 7) is 4.49. The van der Waals surface area contributed by atoms with E-state index in [-0.39, 0.29) is 0 Å². The van der Waals surface area contributed by atoms with E-state index in [1.54, 1.807) is 12.5 Å². The van der Waals surface area contributed by atoms with Gasteiger partial charge in [0.25, 0.3) is 0 Å². The molecule has 0 aliphatic carbocycles. The highest BCUT2D eigenvalue weighted by molar-refractivity contribution is 4.99. The van der Waals surface area contributed by atoms with Gasteiger partial charge in [-0.25, -0.2) is 0 Å². The third-order valence-corrected chi connectivity index (χ3v) is 2.11. The van der Waals surface area contributed by atoms with Gasteiger partial charge < -0.3 is 4.52 Å². The van der Waals surface area contributed by atoms with E-state index in [1.807, 2.05) is 0 Å². The molecule has 0 amide bonds. The second kappa shape index (κ2) is 4.16. The molecule has 1 atom stereocenters. The Morgan fingerprint density at radius 1 is 1.64 bits per heavy atom. The third kappa shape index (κ3) is 2.74. The van der Waals surface area contributed by atoms with E-state index in [0.717, 1.165) is 12.3 Å². The van der Waals surface area contributed by atoms with Crippen LogP contribution in [0, 0.1) is 5.92 Å². The second-order valence-corrected chi connectivity index (χ2v) is 3.08. The van der Waals surface area contributed by atoms with Crippen LogP contribution in [0.3, 0.4) is 0 Å². The van der Waals surface area contributed by atoms with E-state index in [4.69, 9.17) is 4.52 Å². The Hall–Kier alpha value is -0.790. The molecule has 0 saturated carbocycles. The first-order valence-electron chi connectivity index (χ1n) is 4.21. The number of aromatic nitrogens is 1. The van der Waals surface area contributed by atoms with Crippen molar-refractivity contribution in [3.05, 3.63) is 18.0 Å². The zero-order valence-corrected chi connectivity index (χ0v) is 7.21. The molecule has 0 bridgehead atoms. The Morgan fingerprint density at radius 2 is 2.45 bits per heavy atom. The lowest BCUT2D eigenvalue weighted by atomic mass is 10.0. The minimum Gasteiger partial charge on any atom is -0.364 e. The van der Waals surface area contributed by atoms with Crippen molar-refractivity contribution in [2.45, 2.75) is 33.1 Å². The summed E-state index contributed by atoms with van der Waals surface area (Å²) >= 11 is 0. The van der Waals surface area contributed by atoms with Crippen molar-refractivity contribution in [1.82, 2.24) is 5.16 Å². The smallest absolute Gasteiger partial charge is 0.126 e. The maximum absolute atomic E-state index is 4.73. The molecule has 0 radical (unpaired) electrons. The lowest BCUT2D eigenvalue weighted by Crippen LogP contribution is -1.94. The summed E-state index contributed by atoms with van der Waals surface area (Å²) in [5, 5.41) is 3.65. The van der Waals surface area contributed by atoms with Crippen molar-refractivity contribution in [3.8, 4) is 0 Å². The molecule has 2 nitrogen and oxygen atoms in total. The Morgan fingerprint density at radius 3 is 3.00 bits per heavy atom. The molecule has 0 saturated heterocycles. The summed E-state index contributed by atoms with van der Waals surface area (Å²) in [4.78, 5) is 0. The molecule has 0 fully saturated rings. The predicted molar refractivity (Wildman–Crippen MR) is 44.3 cm³/mol. The first-order valence-corrected chi connectivity index (χ1v) is 4.21. The van der Waals surface area contributed by atoms with E-state index >= 15 is 0 Å². The molecule has 0 unspecified atom stereocenters. The van der Waals surface area contributed by atoms with Gasteiger partial charge in [-0.1, -0.05) is 25.4 Å². The van der Waals surface area contributed by atoms with Gasteiger partial charge in [0.1, 0.15) is 6.26 Å². The molecular weight excluding hydrogens is 138 g/mol. The van der Waals surface area contributed by atoms with Gasteiger partial charge in [0.05, 0.1) is 6.20 Å². The van der Waals surface area contributed by atoms with Gasteiger partial charge in [-0.05, 0) is 18.8 Å². The number of hydrogen-bond donors (Lipinski definition) is 0. The topological polar surface area (TPSA) is 26.0 Å². The molecule has 1 aromatic heterocycles. The van der Waals surface area contributed by atoms with Gasteiger partial charge in [-0.2, -0.15) is 0 Å².